The Balaban J connectivity index is 1.76. The molecule has 1 aliphatic rings. The molecule has 0 saturated carbocycles. The van der Waals surface area contributed by atoms with E-state index in [4.69, 9.17) is 4.74 Å². The fourth-order valence-electron chi connectivity index (χ4n) is 2.29. The monoisotopic (exact) mass is 339 g/mol. The second-order valence-corrected chi connectivity index (χ2v) is 6.03. The van der Waals surface area contributed by atoms with Crippen LogP contribution in [0.25, 0.3) is 0 Å². The highest BCUT2D eigenvalue weighted by molar-refractivity contribution is 8.03. The Bertz CT molecular complexity index is 865. The number of carbonyl (C=O) groups is 2. The van der Waals surface area contributed by atoms with Gasteiger partial charge in [-0.2, -0.15) is 5.26 Å². The van der Waals surface area contributed by atoms with Crippen LogP contribution in [0.1, 0.15) is 10.5 Å². The predicted molar refractivity (Wildman–Crippen MR) is 89.4 cm³/mol. The Morgan fingerprint density at radius 3 is 2.75 bits per heavy atom. The van der Waals surface area contributed by atoms with Crippen molar-refractivity contribution in [2.24, 2.45) is 0 Å². The highest BCUT2D eigenvalue weighted by Crippen LogP contribution is 2.46. The number of para-hydroxylation sites is 1. The lowest BCUT2D eigenvalue weighted by atomic mass is 10.2. The van der Waals surface area contributed by atoms with Crippen LogP contribution in [-0.4, -0.2) is 30.4 Å². The second-order valence-electron chi connectivity index (χ2n) is 5.00. The summed E-state index contributed by atoms with van der Waals surface area (Å²) in [6.45, 7) is -0.477. The van der Waals surface area contributed by atoms with E-state index in [1.807, 2.05) is 30.3 Å². The van der Waals surface area contributed by atoms with Crippen LogP contribution in [0, 0.1) is 11.3 Å². The molecule has 1 aromatic heterocycles. The zero-order valence-electron chi connectivity index (χ0n) is 12.8. The molecule has 120 valence electrons. The molecule has 2 heterocycles. The van der Waals surface area contributed by atoms with Gasteiger partial charge in [-0.25, -0.2) is 4.79 Å². The summed E-state index contributed by atoms with van der Waals surface area (Å²) in [4.78, 5) is 29.6. The first-order chi connectivity index (χ1) is 11.6. The average molecular weight is 339 g/mol. The first-order valence-corrected chi connectivity index (χ1v) is 7.92. The zero-order valence-corrected chi connectivity index (χ0v) is 13.6. The van der Waals surface area contributed by atoms with E-state index in [0.717, 1.165) is 10.6 Å². The fraction of sp³-hybridized carbons (Fsp3) is 0.118. The van der Waals surface area contributed by atoms with Crippen molar-refractivity contribution in [1.29, 1.82) is 5.26 Å². The van der Waals surface area contributed by atoms with Gasteiger partial charge < -0.3 is 14.6 Å². The van der Waals surface area contributed by atoms with Gasteiger partial charge in [-0.15, -0.1) is 0 Å². The van der Waals surface area contributed by atoms with Crippen LogP contribution >= 0.6 is 11.8 Å². The number of rotatable bonds is 4. The van der Waals surface area contributed by atoms with E-state index in [1.165, 1.54) is 11.8 Å². The molecule has 0 saturated heterocycles. The standard InChI is InChI=1S/C17H13N3O3S/c1-20-13-6-2-3-7-15(13)24-16(20)11(9-18)14(21)10-23-17(22)12-5-4-8-19-12/h2-8,19H,10H2,1H3/b16-11-. The van der Waals surface area contributed by atoms with Crippen molar-refractivity contribution >= 4 is 29.2 Å². The third-order valence-corrected chi connectivity index (χ3v) is 4.73. The summed E-state index contributed by atoms with van der Waals surface area (Å²) < 4.78 is 4.97. The number of H-pyrrole nitrogens is 1. The van der Waals surface area contributed by atoms with Crippen LogP contribution in [0.2, 0.25) is 0 Å². The smallest absolute Gasteiger partial charge is 0.355 e. The van der Waals surface area contributed by atoms with Gasteiger partial charge in [-0.3, -0.25) is 4.79 Å². The highest BCUT2D eigenvalue weighted by atomic mass is 32.2. The lowest BCUT2D eigenvalue weighted by Gasteiger charge is -2.14. The summed E-state index contributed by atoms with van der Waals surface area (Å²) in [6.07, 6.45) is 1.59. The minimum atomic E-state index is -0.633. The molecule has 6 nitrogen and oxygen atoms in total. The summed E-state index contributed by atoms with van der Waals surface area (Å²) in [5.41, 5.74) is 1.17. The van der Waals surface area contributed by atoms with Gasteiger partial charge in [0.1, 0.15) is 22.4 Å². The lowest BCUT2D eigenvalue weighted by Crippen LogP contribution is -2.20. The number of nitrogens with one attached hydrogen (secondary N) is 1. The molecule has 0 unspecified atom stereocenters. The molecule has 0 fully saturated rings. The van der Waals surface area contributed by atoms with Gasteiger partial charge in [-0.05, 0) is 24.3 Å². The molecule has 0 spiro atoms. The lowest BCUT2D eigenvalue weighted by molar-refractivity contribution is -0.118. The van der Waals surface area contributed by atoms with Crippen molar-refractivity contribution in [2.75, 3.05) is 18.6 Å². The number of esters is 1. The topological polar surface area (TPSA) is 86.2 Å². The number of Topliss-reactive ketones (excluding diaryl/α,β-unsaturated/α-hetero) is 1. The number of benzene rings is 1. The Labute approximate surface area is 142 Å². The third kappa shape index (κ3) is 2.92. The van der Waals surface area contributed by atoms with E-state index in [2.05, 4.69) is 4.98 Å². The number of carbonyl (C=O) groups excluding carboxylic acids is 2. The molecule has 0 aliphatic carbocycles. The number of hydrogen-bond acceptors (Lipinski definition) is 6. The van der Waals surface area contributed by atoms with Crippen LogP contribution in [0.4, 0.5) is 5.69 Å². The van der Waals surface area contributed by atoms with Gasteiger partial charge in [0.05, 0.1) is 5.69 Å². The normalized spacial score (nSPS) is 14.8. The van der Waals surface area contributed by atoms with Crippen molar-refractivity contribution in [3.05, 3.63) is 58.9 Å². The molecular formula is C17H13N3O3S. The maximum absolute atomic E-state index is 12.3. The van der Waals surface area contributed by atoms with E-state index in [-0.39, 0.29) is 11.3 Å². The van der Waals surface area contributed by atoms with Crippen molar-refractivity contribution in [3.63, 3.8) is 0 Å². The molecule has 1 aromatic carbocycles. The summed E-state index contributed by atoms with van der Waals surface area (Å²) in [6, 6.07) is 12.8. The van der Waals surface area contributed by atoms with Crippen molar-refractivity contribution < 1.29 is 14.3 Å². The predicted octanol–water partition coefficient (Wildman–Crippen LogP) is 2.72. The molecule has 3 rings (SSSR count). The molecule has 1 N–H and O–H groups in total. The van der Waals surface area contributed by atoms with Gasteiger partial charge >= 0.3 is 5.97 Å². The number of thioether (sulfide) groups is 1. The van der Waals surface area contributed by atoms with Gasteiger partial charge in [0.15, 0.2) is 6.61 Å². The van der Waals surface area contributed by atoms with Crippen LogP contribution in [0.15, 0.2) is 58.1 Å². The number of nitrogens with zero attached hydrogens (tertiary/aromatic N) is 2. The Hall–Kier alpha value is -2.98. The van der Waals surface area contributed by atoms with E-state index in [0.29, 0.717) is 5.03 Å². The second kappa shape index (κ2) is 6.64. The van der Waals surface area contributed by atoms with E-state index < -0.39 is 18.4 Å². The Morgan fingerprint density at radius 2 is 2.08 bits per heavy atom. The summed E-state index contributed by atoms with van der Waals surface area (Å²) in [7, 11) is 1.80. The number of fused-ring (bicyclic) bond motifs is 1. The molecule has 7 heteroatoms. The number of aromatic amines is 1. The van der Waals surface area contributed by atoms with Crippen molar-refractivity contribution in [1.82, 2.24) is 4.98 Å². The number of ether oxygens (including phenoxy) is 1. The Morgan fingerprint density at radius 1 is 1.29 bits per heavy atom. The molecule has 0 radical (unpaired) electrons. The largest absolute Gasteiger partial charge is 0.453 e. The Kier molecular flexibility index (Phi) is 4.40. The molecule has 2 aromatic rings. The van der Waals surface area contributed by atoms with Crippen LogP contribution < -0.4 is 4.90 Å². The third-order valence-electron chi connectivity index (χ3n) is 3.49. The molecule has 24 heavy (non-hydrogen) atoms. The summed E-state index contributed by atoms with van der Waals surface area (Å²) in [5, 5.41) is 9.93. The minimum absolute atomic E-state index is 0.0158. The van der Waals surface area contributed by atoms with Crippen LogP contribution in [0.3, 0.4) is 0 Å². The summed E-state index contributed by atoms with van der Waals surface area (Å²) >= 11 is 1.35. The maximum atomic E-state index is 12.3. The van der Waals surface area contributed by atoms with Gasteiger partial charge in [0.25, 0.3) is 0 Å². The van der Waals surface area contributed by atoms with Gasteiger partial charge in [0, 0.05) is 18.1 Å². The first kappa shape index (κ1) is 15.9. The molecule has 1 aliphatic heterocycles. The molecule has 0 bridgehead atoms. The van der Waals surface area contributed by atoms with Crippen molar-refractivity contribution in [3.8, 4) is 6.07 Å². The number of hydrogen-bond donors (Lipinski definition) is 1. The average Bonchev–Trinajstić information content (AvgIpc) is 3.23. The highest BCUT2D eigenvalue weighted by Gasteiger charge is 2.28. The molecule has 0 atom stereocenters. The quantitative estimate of drug-likeness (QED) is 0.524. The zero-order chi connectivity index (χ0) is 17.1. The SMILES string of the molecule is CN1/C(=C(\C#N)C(=O)COC(=O)c2ccc[nH]2)Sc2ccccc21. The van der Waals surface area contributed by atoms with Gasteiger partial charge in [-0.1, -0.05) is 23.9 Å². The summed E-state index contributed by atoms with van der Waals surface area (Å²) in [5.74, 6) is -1.16. The number of anilines is 1. The number of nitriles is 1. The van der Waals surface area contributed by atoms with E-state index >= 15 is 0 Å². The van der Waals surface area contributed by atoms with Crippen LogP contribution in [-0.2, 0) is 9.53 Å². The van der Waals surface area contributed by atoms with Crippen LogP contribution in [0.5, 0.6) is 0 Å². The minimum Gasteiger partial charge on any atom is -0.453 e. The van der Waals surface area contributed by atoms with E-state index in [9.17, 15) is 14.9 Å². The molecule has 0 amide bonds. The number of ketones is 1. The first-order valence-electron chi connectivity index (χ1n) is 7.10. The van der Waals surface area contributed by atoms with Gasteiger partial charge in [0.2, 0.25) is 5.78 Å². The number of aromatic nitrogens is 1. The van der Waals surface area contributed by atoms with Crippen molar-refractivity contribution in [2.45, 2.75) is 4.90 Å². The van der Waals surface area contributed by atoms with E-state index in [1.54, 1.807) is 30.3 Å². The molecular weight excluding hydrogens is 326 g/mol. The fourth-order valence-corrected chi connectivity index (χ4v) is 3.45. The maximum Gasteiger partial charge on any atom is 0.355 e.